The number of benzene rings is 1. The van der Waals surface area contributed by atoms with Crippen molar-refractivity contribution in [3.8, 4) is 5.69 Å². The summed E-state index contributed by atoms with van der Waals surface area (Å²) in [4.78, 5) is 11.6. The quantitative estimate of drug-likeness (QED) is 0.608. The highest BCUT2D eigenvalue weighted by Gasteiger charge is 2.21. The molecule has 0 atom stereocenters. The average molecular weight is 369 g/mol. The van der Waals surface area contributed by atoms with Gasteiger partial charge in [-0.3, -0.25) is 0 Å². The Labute approximate surface area is 162 Å². The summed E-state index contributed by atoms with van der Waals surface area (Å²) in [6, 6.07) is 9.47. The molecular formula is C21H32N6. The number of hydrogen-bond acceptors (Lipinski definition) is 3. The SMILES string of the molecule is CCNC(=NCc1ccccc1-n1ccnc1)NC1CCN(C(C)C)CC1. The lowest BCUT2D eigenvalue weighted by Crippen LogP contribution is -2.49. The number of aliphatic imine (C=N–C) groups is 1. The zero-order valence-electron chi connectivity index (χ0n) is 16.7. The fourth-order valence-corrected chi connectivity index (χ4v) is 3.54. The van der Waals surface area contributed by atoms with Crippen LogP contribution in [0, 0.1) is 0 Å². The maximum atomic E-state index is 4.85. The van der Waals surface area contributed by atoms with Crippen LogP contribution >= 0.6 is 0 Å². The monoisotopic (exact) mass is 368 g/mol. The minimum absolute atomic E-state index is 0.488. The molecule has 0 bridgehead atoms. The number of guanidine groups is 1. The first-order chi connectivity index (χ1) is 13.2. The van der Waals surface area contributed by atoms with Crippen LogP contribution < -0.4 is 10.6 Å². The summed E-state index contributed by atoms with van der Waals surface area (Å²) < 4.78 is 2.03. The van der Waals surface area contributed by atoms with E-state index >= 15 is 0 Å². The van der Waals surface area contributed by atoms with E-state index in [4.69, 9.17) is 4.99 Å². The molecule has 0 radical (unpaired) electrons. The van der Waals surface area contributed by atoms with E-state index in [1.807, 2.05) is 17.1 Å². The van der Waals surface area contributed by atoms with Crippen LogP contribution in [0.15, 0.2) is 48.0 Å². The van der Waals surface area contributed by atoms with Crippen molar-refractivity contribution >= 4 is 5.96 Å². The molecule has 1 saturated heterocycles. The summed E-state index contributed by atoms with van der Waals surface area (Å²) in [5, 5.41) is 7.03. The summed E-state index contributed by atoms with van der Waals surface area (Å²) in [6.45, 7) is 10.5. The minimum Gasteiger partial charge on any atom is -0.357 e. The molecule has 1 aromatic carbocycles. The van der Waals surface area contributed by atoms with E-state index in [2.05, 4.69) is 65.6 Å². The minimum atomic E-state index is 0.488. The van der Waals surface area contributed by atoms with Crippen LogP contribution in [0.3, 0.4) is 0 Å². The lowest BCUT2D eigenvalue weighted by Gasteiger charge is -2.35. The maximum absolute atomic E-state index is 4.85. The Morgan fingerprint density at radius 1 is 1.26 bits per heavy atom. The summed E-state index contributed by atoms with van der Waals surface area (Å²) >= 11 is 0. The van der Waals surface area contributed by atoms with Gasteiger partial charge in [0, 0.05) is 44.1 Å². The fourth-order valence-electron chi connectivity index (χ4n) is 3.54. The lowest BCUT2D eigenvalue weighted by atomic mass is 10.0. The molecule has 1 aliphatic heterocycles. The number of para-hydroxylation sites is 1. The molecule has 1 aromatic heterocycles. The van der Waals surface area contributed by atoms with Crippen LogP contribution in [-0.2, 0) is 6.54 Å². The molecule has 0 aliphatic carbocycles. The normalized spacial score (nSPS) is 16.7. The van der Waals surface area contributed by atoms with Crippen LogP contribution in [0.5, 0.6) is 0 Å². The standard InChI is InChI=1S/C21H32N6/c1-4-23-21(25-19-9-12-26(13-10-19)17(2)3)24-15-18-7-5-6-8-20(18)27-14-11-22-16-27/h5-8,11,14,16-17,19H,4,9-10,12-13,15H2,1-3H3,(H2,23,24,25). The molecular weight excluding hydrogens is 336 g/mol. The number of hydrogen-bond donors (Lipinski definition) is 2. The topological polar surface area (TPSA) is 57.5 Å². The largest absolute Gasteiger partial charge is 0.357 e. The van der Waals surface area contributed by atoms with Gasteiger partial charge in [0.15, 0.2) is 5.96 Å². The molecule has 2 heterocycles. The van der Waals surface area contributed by atoms with Crippen molar-refractivity contribution in [2.45, 2.75) is 52.2 Å². The number of nitrogens with zero attached hydrogens (tertiary/aromatic N) is 4. The van der Waals surface area contributed by atoms with Gasteiger partial charge < -0.3 is 20.1 Å². The molecule has 3 rings (SSSR count). The van der Waals surface area contributed by atoms with Gasteiger partial charge in [0.2, 0.25) is 0 Å². The molecule has 0 spiro atoms. The second-order valence-electron chi connectivity index (χ2n) is 7.34. The van der Waals surface area contributed by atoms with Crippen molar-refractivity contribution in [1.82, 2.24) is 25.1 Å². The molecule has 6 nitrogen and oxygen atoms in total. The molecule has 1 aliphatic rings. The van der Waals surface area contributed by atoms with Gasteiger partial charge in [0.25, 0.3) is 0 Å². The Morgan fingerprint density at radius 3 is 2.70 bits per heavy atom. The van der Waals surface area contributed by atoms with Gasteiger partial charge in [-0.05, 0) is 45.2 Å². The van der Waals surface area contributed by atoms with Crippen molar-refractivity contribution in [3.63, 3.8) is 0 Å². The second-order valence-corrected chi connectivity index (χ2v) is 7.34. The molecule has 2 N–H and O–H groups in total. The third kappa shape index (κ3) is 5.32. The molecule has 146 valence electrons. The summed E-state index contributed by atoms with van der Waals surface area (Å²) in [6.07, 6.45) is 7.92. The van der Waals surface area contributed by atoms with E-state index in [-0.39, 0.29) is 0 Å². The molecule has 6 heteroatoms. The predicted molar refractivity (Wildman–Crippen MR) is 111 cm³/mol. The van der Waals surface area contributed by atoms with E-state index in [1.165, 1.54) is 5.56 Å². The first-order valence-electron chi connectivity index (χ1n) is 10.0. The highest BCUT2D eigenvalue weighted by Crippen LogP contribution is 2.16. The van der Waals surface area contributed by atoms with Gasteiger partial charge in [-0.2, -0.15) is 0 Å². The van der Waals surface area contributed by atoms with E-state index in [0.717, 1.165) is 44.1 Å². The van der Waals surface area contributed by atoms with Crippen molar-refractivity contribution in [3.05, 3.63) is 48.5 Å². The van der Waals surface area contributed by atoms with Crippen LogP contribution in [-0.4, -0.2) is 52.1 Å². The van der Waals surface area contributed by atoms with E-state index in [9.17, 15) is 0 Å². The molecule has 2 aromatic rings. The maximum Gasteiger partial charge on any atom is 0.191 e. The lowest BCUT2D eigenvalue weighted by molar-refractivity contribution is 0.167. The van der Waals surface area contributed by atoms with E-state index in [0.29, 0.717) is 18.6 Å². The second kappa shape index (κ2) is 9.55. The van der Waals surface area contributed by atoms with Crippen molar-refractivity contribution < 1.29 is 0 Å². The average Bonchev–Trinajstić information content (AvgIpc) is 3.21. The number of imidazole rings is 1. The summed E-state index contributed by atoms with van der Waals surface area (Å²) in [5.74, 6) is 0.904. The molecule has 1 fully saturated rings. The molecule has 0 amide bonds. The van der Waals surface area contributed by atoms with Gasteiger partial charge in [0.05, 0.1) is 18.6 Å². The van der Waals surface area contributed by atoms with Crippen molar-refractivity contribution in [2.24, 2.45) is 4.99 Å². The highest BCUT2D eigenvalue weighted by atomic mass is 15.2. The Morgan fingerprint density at radius 2 is 2.04 bits per heavy atom. The third-order valence-electron chi connectivity index (χ3n) is 5.13. The van der Waals surface area contributed by atoms with Crippen molar-refractivity contribution in [2.75, 3.05) is 19.6 Å². The Kier molecular flexibility index (Phi) is 6.87. The number of likely N-dealkylation sites (tertiary alicyclic amines) is 1. The van der Waals surface area contributed by atoms with Gasteiger partial charge in [-0.15, -0.1) is 0 Å². The Balaban J connectivity index is 1.65. The third-order valence-corrected chi connectivity index (χ3v) is 5.13. The Hall–Kier alpha value is -2.34. The summed E-state index contributed by atoms with van der Waals surface area (Å²) in [5.41, 5.74) is 2.31. The fraction of sp³-hybridized carbons (Fsp3) is 0.524. The van der Waals surface area contributed by atoms with Gasteiger partial charge in [0.1, 0.15) is 0 Å². The zero-order chi connectivity index (χ0) is 19.1. The number of piperidine rings is 1. The first-order valence-corrected chi connectivity index (χ1v) is 10.0. The smallest absolute Gasteiger partial charge is 0.191 e. The highest BCUT2D eigenvalue weighted by molar-refractivity contribution is 5.80. The predicted octanol–water partition coefficient (Wildman–Crippen LogP) is 2.80. The van der Waals surface area contributed by atoms with Crippen LogP contribution in [0.4, 0.5) is 0 Å². The number of aromatic nitrogens is 2. The Bertz CT molecular complexity index is 714. The first kappa shape index (κ1) is 19.4. The van der Waals surface area contributed by atoms with E-state index in [1.54, 1.807) is 6.20 Å². The van der Waals surface area contributed by atoms with Gasteiger partial charge in [-0.1, -0.05) is 18.2 Å². The molecule has 0 saturated carbocycles. The van der Waals surface area contributed by atoms with Gasteiger partial charge >= 0.3 is 0 Å². The number of rotatable bonds is 6. The summed E-state index contributed by atoms with van der Waals surface area (Å²) in [7, 11) is 0. The molecule has 0 unspecified atom stereocenters. The van der Waals surface area contributed by atoms with Crippen LogP contribution in [0.1, 0.15) is 39.2 Å². The number of nitrogens with one attached hydrogen (secondary N) is 2. The van der Waals surface area contributed by atoms with E-state index < -0.39 is 0 Å². The molecule has 27 heavy (non-hydrogen) atoms. The zero-order valence-corrected chi connectivity index (χ0v) is 16.7. The van der Waals surface area contributed by atoms with Gasteiger partial charge in [-0.25, -0.2) is 9.98 Å². The van der Waals surface area contributed by atoms with Crippen molar-refractivity contribution in [1.29, 1.82) is 0 Å². The van der Waals surface area contributed by atoms with Crippen LogP contribution in [0.2, 0.25) is 0 Å². The van der Waals surface area contributed by atoms with Crippen LogP contribution in [0.25, 0.3) is 5.69 Å².